The lowest BCUT2D eigenvalue weighted by Crippen LogP contribution is -2.42. The van der Waals surface area contributed by atoms with Gasteiger partial charge in [-0.15, -0.1) is 0 Å². The fourth-order valence-electron chi connectivity index (χ4n) is 3.16. The first kappa shape index (κ1) is 17.9. The number of nitrogens with zero attached hydrogens (tertiary/aromatic N) is 1. The van der Waals surface area contributed by atoms with Crippen LogP contribution in [0.1, 0.15) is 28.8 Å². The molecule has 0 unspecified atom stereocenters. The molecule has 2 aromatic carbocycles. The third kappa shape index (κ3) is 4.57. The lowest BCUT2D eigenvalue weighted by molar-refractivity contribution is -0.0234. The zero-order valence-corrected chi connectivity index (χ0v) is 14.8. The van der Waals surface area contributed by atoms with Crippen molar-refractivity contribution in [1.29, 1.82) is 0 Å². The molecule has 2 aromatic rings. The van der Waals surface area contributed by atoms with Crippen LogP contribution in [0.3, 0.4) is 0 Å². The molecule has 130 valence electrons. The Bertz CT molecular complexity index is 732. The van der Waals surface area contributed by atoms with E-state index in [4.69, 9.17) is 11.6 Å². The van der Waals surface area contributed by atoms with E-state index in [2.05, 4.69) is 4.90 Å². The fourth-order valence-corrected chi connectivity index (χ4v) is 3.29. The van der Waals surface area contributed by atoms with Crippen molar-refractivity contribution in [2.24, 2.45) is 0 Å². The second kappa shape index (κ2) is 7.96. The van der Waals surface area contributed by atoms with Crippen molar-refractivity contribution in [3.8, 4) is 0 Å². The molecule has 0 spiro atoms. The van der Waals surface area contributed by atoms with E-state index < -0.39 is 5.60 Å². The van der Waals surface area contributed by atoms with Gasteiger partial charge < -0.3 is 5.11 Å². The van der Waals surface area contributed by atoms with Crippen LogP contribution in [0, 0.1) is 0 Å². The van der Waals surface area contributed by atoms with E-state index in [1.807, 2.05) is 60.7 Å². The van der Waals surface area contributed by atoms with Crippen molar-refractivity contribution in [2.45, 2.75) is 18.4 Å². The highest BCUT2D eigenvalue weighted by Crippen LogP contribution is 2.33. The summed E-state index contributed by atoms with van der Waals surface area (Å²) < 4.78 is 0. The molecule has 3 rings (SSSR count). The number of carbonyl (C=O) groups excluding carboxylic acids is 1. The van der Waals surface area contributed by atoms with E-state index >= 15 is 0 Å². The van der Waals surface area contributed by atoms with Crippen molar-refractivity contribution < 1.29 is 9.90 Å². The third-order valence-electron chi connectivity index (χ3n) is 4.76. The summed E-state index contributed by atoms with van der Waals surface area (Å²) in [6, 6.07) is 16.7. The number of aliphatic hydroxyl groups is 1. The number of rotatable bonds is 5. The van der Waals surface area contributed by atoms with Gasteiger partial charge in [0.1, 0.15) is 0 Å². The molecule has 0 atom stereocenters. The molecule has 1 aliphatic rings. The minimum Gasteiger partial charge on any atom is -0.385 e. The van der Waals surface area contributed by atoms with E-state index in [0.29, 0.717) is 23.4 Å². The lowest BCUT2D eigenvalue weighted by atomic mass is 9.84. The third-order valence-corrected chi connectivity index (χ3v) is 5.01. The molecule has 1 aliphatic heterocycles. The maximum absolute atomic E-state index is 12.0. The first-order valence-corrected chi connectivity index (χ1v) is 8.91. The quantitative estimate of drug-likeness (QED) is 0.649. The number of halogens is 1. The number of ketones is 1. The van der Waals surface area contributed by atoms with Crippen molar-refractivity contribution in [3.05, 3.63) is 82.9 Å². The highest BCUT2D eigenvalue weighted by molar-refractivity contribution is 6.30. The van der Waals surface area contributed by atoms with Gasteiger partial charge in [0.15, 0.2) is 5.78 Å². The molecule has 0 radical (unpaired) electrons. The summed E-state index contributed by atoms with van der Waals surface area (Å²) in [5, 5.41) is 11.6. The Kier molecular flexibility index (Phi) is 5.69. The van der Waals surface area contributed by atoms with Gasteiger partial charge in [0, 0.05) is 30.2 Å². The van der Waals surface area contributed by atoms with Gasteiger partial charge in [-0.25, -0.2) is 0 Å². The number of hydrogen-bond donors (Lipinski definition) is 1. The number of benzene rings is 2. The van der Waals surface area contributed by atoms with E-state index in [1.54, 1.807) is 6.08 Å². The molecule has 0 aliphatic carbocycles. The summed E-state index contributed by atoms with van der Waals surface area (Å²) in [5.41, 5.74) is 0.839. The zero-order valence-electron chi connectivity index (χ0n) is 14.1. The van der Waals surface area contributed by atoms with Crippen LogP contribution in [0.2, 0.25) is 5.02 Å². The summed E-state index contributed by atoms with van der Waals surface area (Å²) in [6.07, 6.45) is 4.89. The Balaban J connectivity index is 1.52. The first-order valence-electron chi connectivity index (χ1n) is 8.53. The molecule has 3 nitrogen and oxygen atoms in total. The SMILES string of the molecule is O=C(C=CCN1CCC(O)(c2ccc(Cl)cc2)CC1)c1ccccc1. The molecule has 1 N–H and O–H groups in total. The predicted molar refractivity (Wildman–Crippen MR) is 101 cm³/mol. The van der Waals surface area contributed by atoms with Crippen molar-refractivity contribution in [2.75, 3.05) is 19.6 Å². The van der Waals surface area contributed by atoms with Gasteiger partial charge >= 0.3 is 0 Å². The van der Waals surface area contributed by atoms with Crippen LogP contribution >= 0.6 is 11.6 Å². The molecule has 1 saturated heterocycles. The van der Waals surface area contributed by atoms with Crippen LogP contribution in [0.5, 0.6) is 0 Å². The normalized spacial score (nSPS) is 17.7. The molecule has 0 amide bonds. The molecule has 1 heterocycles. The topological polar surface area (TPSA) is 40.5 Å². The number of piperidine rings is 1. The van der Waals surface area contributed by atoms with Gasteiger partial charge in [0.05, 0.1) is 5.60 Å². The molecule has 0 bridgehead atoms. The van der Waals surface area contributed by atoms with Crippen molar-refractivity contribution in [1.82, 2.24) is 4.90 Å². The van der Waals surface area contributed by atoms with E-state index in [9.17, 15) is 9.90 Å². The molecule has 4 heteroatoms. The van der Waals surface area contributed by atoms with Gasteiger partial charge in [-0.3, -0.25) is 9.69 Å². The van der Waals surface area contributed by atoms with E-state index in [1.165, 1.54) is 0 Å². The largest absolute Gasteiger partial charge is 0.385 e. The Labute approximate surface area is 153 Å². The van der Waals surface area contributed by atoms with Crippen molar-refractivity contribution in [3.63, 3.8) is 0 Å². The highest BCUT2D eigenvalue weighted by atomic mass is 35.5. The maximum atomic E-state index is 12.0. The van der Waals surface area contributed by atoms with Gasteiger partial charge in [0.25, 0.3) is 0 Å². The second-order valence-corrected chi connectivity index (χ2v) is 6.91. The first-order chi connectivity index (χ1) is 12.1. The summed E-state index contributed by atoms with van der Waals surface area (Å²) >= 11 is 5.92. The van der Waals surface area contributed by atoms with Crippen LogP contribution in [0.25, 0.3) is 0 Å². The van der Waals surface area contributed by atoms with Crippen LogP contribution in [0.15, 0.2) is 66.7 Å². The summed E-state index contributed by atoms with van der Waals surface area (Å²) in [5.74, 6) is 0.0234. The smallest absolute Gasteiger partial charge is 0.185 e. The van der Waals surface area contributed by atoms with Crippen molar-refractivity contribution >= 4 is 17.4 Å². The van der Waals surface area contributed by atoms with Crippen LogP contribution in [0.4, 0.5) is 0 Å². The van der Waals surface area contributed by atoms with E-state index in [0.717, 1.165) is 25.2 Å². The average molecular weight is 356 g/mol. The van der Waals surface area contributed by atoms with Gasteiger partial charge in [-0.05, 0) is 36.6 Å². The van der Waals surface area contributed by atoms with Gasteiger partial charge in [0.2, 0.25) is 0 Å². The van der Waals surface area contributed by atoms with Gasteiger partial charge in [-0.2, -0.15) is 0 Å². The zero-order chi connectivity index (χ0) is 17.7. The van der Waals surface area contributed by atoms with Crippen LogP contribution in [-0.2, 0) is 5.60 Å². The fraction of sp³-hybridized carbons (Fsp3) is 0.286. The molecule has 0 aromatic heterocycles. The standard InChI is InChI=1S/C21H22ClNO2/c22-19-10-8-18(9-11-19)21(25)12-15-23(16-13-21)14-4-7-20(24)17-5-2-1-3-6-17/h1-11,25H,12-16H2. The van der Waals surface area contributed by atoms with Crippen LogP contribution < -0.4 is 0 Å². The molecular weight excluding hydrogens is 334 g/mol. The Morgan fingerprint density at radius 1 is 1.08 bits per heavy atom. The minimum absolute atomic E-state index is 0.0234. The molecular formula is C21H22ClNO2. The number of allylic oxidation sites excluding steroid dienone is 1. The van der Waals surface area contributed by atoms with E-state index in [-0.39, 0.29) is 5.78 Å². The highest BCUT2D eigenvalue weighted by Gasteiger charge is 2.33. The summed E-state index contributed by atoms with van der Waals surface area (Å²) in [4.78, 5) is 14.3. The minimum atomic E-state index is -0.787. The van der Waals surface area contributed by atoms with Gasteiger partial charge in [-0.1, -0.05) is 60.1 Å². The molecule has 0 saturated carbocycles. The summed E-state index contributed by atoms with van der Waals surface area (Å²) in [6.45, 7) is 2.31. The number of carbonyl (C=O) groups is 1. The Morgan fingerprint density at radius 3 is 2.36 bits per heavy atom. The Hall–Kier alpha value is -1.94. The Morgan fingerprint density at radius 2 is 1.72 bits per heavy atom. The number of hydrogen-bond acceptors (Lipinski definition) is 3. The lowest BCUT2D eigenvalue weighted by Gasteiger charge is -2.38. The summed E-state index contributed by atoms with van der Waals surface area (Å²) in [7, 11) is 0. The maximum Gasteiger partial charge on any atom is 0.185 e. The second-order valence-electron chi connectivity index (χ2n) is 6.47. The monoisotopic (exact) mass is 355 g/mol. The molecule has 25 heavy (non-hydrogen) atoms. The predicted octanol–water partition coefficient (Wildman–Crippen LogP) is 4.06. The molecule has 1 fully saturated rings. The van der Waals surface area contributed by atoms with Crippen LogP contribution in [-0.4, -0.2) is 35.4 Å². The number of likely N-dealkylation sites (tertiary alicyclic amines) is 1. The average Bonchev–Trinajstić information content (AvgIpc) is 2.64.